The maximum absolute atomic E-state index is 13.9. The highest BCUT2D eigenvalue weighted by molar-refractivity contribution is 6.33. The van der Waals surface area contributed by atoms with Gasteiger partial charge in [-0.1, -0.05) is 11.6 Å². The summed E-state index contributed by atoms with van der Waals surface area (Å²) < 4.78 is 37.4. The van der Waals surface area contributed by atoms with Crippen LogP contribution in [0.25, 0.3) is 11.1 Å². The number of aromatic amines is 1. The molecule has 0 aliphatic rings. The second-order valence-electron chi connectivity index (χ2n) is 6.23. The smallest absolute Gasteiger partial charge is 0.337 e. The zero-order valence-corrected chi connectivity index (χ0v) is 16.3. The number of halogens is 3. The van der Waals surface area contributed by atoms with E-state index in [0.29, 0.717) is 5.69 Å². The number of carbonyl (C=O) groups is 1. The molecular formula is C21H16ClF2NO4. The lowest BCUT2D eigenvalue weighted by Crippen LogP contribution is -2.14. The van der Waals surface area contributed by atoms with Gasteiger partial charge in [0.2, 0.25) is 0 Å². The molecule has 0 saturated heterocycles. The minimum absolute atomic E-state index is 0.0777. The summed E-state index contributed by atoms with van der Waals surface area (Å²) in [6, 6.07) is 9.02. The number of methoxy groups -OCH3 is 1. The summed E-state index contributed by atoms with van der Waals surface area (Å²) in [7, 11) is 1.24. The molecule has 0 unspecified atom stereocenters. The molecule has 0 fully saturated rings. The number of carbonyl (C=O) groups excluding carboxylic acids is 1. The van der Waals surface area contributed by atoms with Crippen molar-refractivity contribution in [2.24, 2.45) is 0 Å². The van der Waals surface area contributed by atoms with E-state index >= 15 is 0 Å². The second-order valence-corrected chi connectivity index (χ2v) is 6.64. The lowest BCUT2D eigenvalue weighted by molar-refractivity contribution is 0.0601. The molecule has 0 aliphatic carbocycles. The van der Waals surface area contributed by atoms with Gasteiger partial charge < -0.3 is 14.5 Å². The third-order valence-corrected chi connectivity index (χ3v) is 4.52. The quantitative estimate of drug-likeness (QED) is 0.611. The number of H-pyrrole nitrogens is 1. The monoisotopic (exact) mass is 419 g/mol. The molecule has 150 valence electrons. The first-order valence-corrected chi connectivity index (χ1v) is 8.87. The Labute approximate surface area is 169 Å². The fraction of sp³-hybridized carbons (Fsp3) is 0.143. The molecule has 29 heavy (non-hydrogen) atoms. The van der Waals surface area contributed by atoms with Crippen LogP contribution in [0.5, 0.6) is 5.75 Å². The molecule has 5 nitrogen and oxygen atoms in total. The number of ether oxygens (including phenoxy) is 2. The van der Waals surface area contributed by atoms with Gasteiger partial charge >= 0.3 is 5.97 Å². The van der Waals surface area contributed by atoms with Gasteiger partial charge in [0.05, 0.1) is 18.2 Å². The average molecular weight is 420 g/mol. The molecule has 0 aliphatic heterocycles. The van der Waals surface area contributed by atoms with E-state index in [4.69, 9.17) is 21.1 Å². The van der Waals surface area contributed by atoms with Gasteiger partial charge in [-0.2, -0.15) is 0 Å². The standard InChI is InChI=1S/C21H16ClF2NO4/c1-11-7-18(29-10-13-3-5-14(23)9-17(13)24)19(20(26)25-11)15-8-12(21(27)28-2)4-6-16(15)22/h3-9H,10H2,1-2H3,(H,25,26). The van der Waals surface area contributed by atoms with Crippen molar-refractivity contribution in [1.29, 1.82) is 0 Å². The molecule has 2 aromatic carbocycles. The molecule has 1 aromatic heterocycles. The Morgan fingerprint density at radius 1 is 1.14 bits per heavy atom. The SMILES string of the molecule is COC(=O)c1ccc(Cl)c(-c2c(OCc3ccc(F)cc3F)cc(C)[nH]c2=O)c1. The number of benzene rings is 2. The van der Waals surface area contributed by atoms with Crippen LogP contribution in [0, 0.1) is 18.6 Å². The van der Waals surface area contributed by atoms with Gasteiger partial charge in [0.15, 0.2) is 0 Å². The van der Waals surface area contributed by atoms with Crippen LogP contribution in [-0.2, 0) is 11.3 Å². The third kappa shape index (κ3) is 4.46. The largest absolute Gasteiger partial charge is 0.488 e. The van der Waals surface area contributed by atoms with Gasteiger partial charge in [0, 0.05) is 34.0 Å². The minimum Gasteiger partial charge on any atom is -0.488 e. The molecule has 3 rings (SSSR count). The maximum Gasteiger partial charge on any atom is 0.337 e. The molecule has 8 heteroatoms. The van der Waals surface area contributed by atoms with E-state index in [1.165, 1.54) is 31.4 Å². The van der Waals surface area contributed by atoms with Crippen LogP contribution in [0.4, 0.5) is 8.78 Å². The van der Waals surface area contributed by atoms with Crippen molar-refractivity contribution < 1.29 is 23.0 Å². The lowest BCUT2D eigenvalue weighted by Gasteiger charge is -2.14. The summed E-state index contributed by atoms with van der Waals surface area (Å²) >= 11 is 6.26. The zero-order chi connectivity index (χ0) is 21.1. The Hall–Kier alpha value is -3.19. The van der Waals surface area contributed by atoms with Crippen LogP contribution < -0.4 is 10.3 Å². The molecule has 0 bridgehead atoms. The van der Waals surface area contributed by atoms with E-state index in [2.05, 4.69) is 4.98 Å². The van der Waals surface area contributed by atoms with Gasteiger partial charge in [0.1, 0.15) is 24.0 Å². The second kappa shape index (κ2) is 8.45. The van der Waals surface area contributed by atoms with Crippen molar-refractivity contribution >= 4 is 17.6 Å². The van der Waals surface area contributed by atoms with Crippen LogP contribution in [-0.4, -0.2) is 18.1 Å². The van der Waals surface area contributed by atoms with E-state index in [9.17, 15) is 18.4 Å². The van der Waals surface area contributed by atoms with Crippen molar-refractivity contribution in [3.05, 3.63) is 86.3 Å². The molecule has 0 atom stereocenters. The summed E-state index contributed by atoms with van der Waals surface area (Å²) in [6.45, 7) is 1.42. The van der Waals surface area contributed by atoms with Gasteiger partial charge in [-0.25, -0.2) is 13.6 Å². The third-order valence-electron chi connectivity index (χ3n) is 4.19. The molecule has 3 aromatic rings. The maximum atomic E-state index is 13.9. The number of aromatic nitrogens is 1. The Bertz CT molecular complexity index is 1140. The van der Waals surface area contributed by atoms with Crippen molar-refractivity contribution in [3.63, 3.8) is 0 Å². The predicted octanol–water partition coefficient (Wildman–Crippen LogP) is 4.65. The van der Waals surface area contributed by atoms with Crippen molar-refractivity contribution in [2.75, 3.05) is 7.11 Å². The van der Waals surface area contributed by atoms with Crippen molar-refractivity contribution in [1.82, 2.24) is 4.98 Å². The fourth-order valence-corrected chi connectivity index (χ4v) is 3.00. The normalized spacial score (nSPS) is 10.7. The summed E-state index contributed by atoms with van der Waals surface area (Å²) in [5.41, 5.74) is 0.656. The number of esters is 1. The zero-order valence-electron chi connectivity index (χ0n) is 15.5. The highest BCUT2D eigenvalue weighted by Crippen LogP contribution is 2.34. The van der Waals surface area contributed by atoms with Crippen LogP contribution in [0.1, 0.15) is 21.6 Å². The topological polar surface area (TPSA) is 68.4 Å². The summed E-state index contributed by atoms with van der Waals surface area (Å²) in [5.74, 6) is -1.93. The number of nitrogens with one attached hydrogen (secondary N) is 1. The highest BCUT2D eigenvalue weighted by atomic mass is 35.5. The number of hydrogen-bond donors (Lipinski definition) is 1. The Kier molecular flexibility index (Phi) is 5.98. The molecule has 0 spiro atoms. The lowest BCUT2D eigenvalue weighted by atomic mass is 10.0. The highest BCUT2D eigenvalue weighted by Gasteiger charge is 2.18. The summed E-state index contributed by atoms with van der Waals surface area (Å²) in [5, 5.41) is 0.213. The Balaban J connectivity index is 2.06. The van der Waals surface area contributed by atoms with Gasteiger partial charge in [-0.3, -0.25) is 4.79 Å². The van der Waals surface area contributed by atoms with E-state index < -0.39 is 23.2 Å². The van der Waals surface area contributed by atoms with E-state index in [1.807, 2.05) is 0 Å². The molecule has 1 N–H and O–H groups in total. The fourth-order valence-electron chi connectivity index (χ4n) is 2.78. The van der Waals surface area contributed by atoms with E-state index in [0.717, 1.165) is 12.1 Å². The number of hydrogen-bond acceptors (Lipinski definition) is 4. The number of pyridine rings is 1. The molecular weight excluding hydrogens is 404 g/mol. The van der Waals surface area contributed by atoms with Crippen LogP contribution in [0.15, 0.2) is 47.3 Å². The summed E-state index contributed by atoms with van der Waals surface area (Å²) in [4.78, 5) is 27.2. The first kappa shape index (κ1) is 20.5. The average Bonchev–Trinajstić information content (AvgIpc) is 2.67. The Morgan fingerprint density at radius 2 is 1.90 bits per heavy atom. The van der Waals surface area contributed by atoms with Crippen molar-refractivity contribution in [2.45, 2.75) is 13.5 Å². The molecule has 0 radical (unpaired) electrons. The van der Waals surface area contributed by atoms with Gasteiger partial charge in [-0.05, 0) is 37.3 Å². The van der Waals surface area contributed by atoms with E-state index in [-0.39, 0.29) is 39.6 Å². The minimum atomic E-state index is -0.765. The molecule has 1 heterocycles. The van der Waals surface area contributed by atoms with Crippen LogP contribution in [0.2, 0.25) is 5.02 Å². The Morgan fingerprint density at radius 3 is 2.59 bits per heavy atom. The van der Waals surface area contributed by atoms with Gasteiger partial charge in [-0.15, -0.1) is 0 Å². The number of aryl methyl sites for hydroxylation is 1. The predicted molar refractivity (Wildman–Crippen MR) is 104 cm³/mol. The van der Waals surface area contributed by atoms with Gasteiger partial charge in [0.25, 0.3) is 5.56 Å². The van der Waals surface area contributed by atoms with Crippen LogP contribution >= 0.6 is 11.6 Å². The van der Waals surface area contributed by atoms with Crippen LogP contribution in [0.3, 0.4) is 0 Å². The first-order chi connectivity index (χ1) is 13.8. The number of rotatable bonds is 5. The molecule has 0 saturated carbocycles. The summed E-state index contributed by atoms with van der Waals surface area (Å²) in [6.07, 6.45) is 0. The first-order valence-electron chi connectivity index (χ1n) is 8.49. The van der Waals surface area contributed by atoms with E-state index in [1.54, 1.807) is 13.0 Å². The van der Waals surface area contributed by atoms with Crippen molar-refractivity contribution in [3.8, 4) is 16.9 Å². The molecule has 0 amide bonds.